The lowest BCUT2D eigenvalue weighted by molar-refractivity contribution is -0.120. The minimum Gasteiger partial charge on any atom is -0.381 e. The van der Waals surface area contributed by atoms with Gasteiger partial charge in [0.25, 0.3) is 0 Å². The number of hydrogen-bond acceptors (Lipinski definition) is 3. The summed E-state index contributed by atoms with van der Waals surface area (Å²) in [5.74, 6) is 0.485. The van der Waals surface area contributed by atoms with Crippen LogP contribution in [0.3, 0.4) is 0 Å². The number of halogens is 2. The minimum atomic E-state index is -0.352. The Labute approximate surface area is 139 Å². The van der Waals surface area contributed by atoms with E-state index in [-0.39, 0.29) is 18.1 Å². The molecule has 0 aliphatic carbocycles. The van der Waals surface area contributed by atoms with E-state index in [4.69, 9.17) is 16.3 Å². The quantitative estimate of drug-likeness (QED) is 0.769. The van der Waals surface area contributed by atoms with Gasteiger partial charge in [-0.2, -0.15) is 11.8 Å². The number of hydrogen-bond donors (Lipinski definition) is 1. The minimum absolute atomic E-state index is 0.0631. The first-order valence-electron chi connectivity index (χ1n) is 7.55. The zero-order chi connectivity index (χ0) is 15.8. The van der Waals surface area contributed by atoms with Crippen LogP contribution in [-0.4, -0.2) is 36.7 Å². The average molecular weight is 346 g/mol. The van der Waals surface area contributed by atoms with Gasteiger partial charge >= 0.3 is 0 Å². The number of ether oxygens (including phenoxy) is 1. The van der Waals surface area contributed by atoms with Gasteiger partial charge < -0.3 is 10.1 Å². The van der Waals surface area contributed by atoms with Crippen molar-refractivity contribution in [3.63, 3.8) is 0 Å². The number of thioether (sulfide) groups is 1. The molecule has 0 atom stereocenters. The van der Waals surface area contributed by atoms with E-state index in [1.807, 2.05) is 11.8 Å². The average Bonchev–Trinajstić information content (AvgIpc) is 2.52. The molecule has 6 heteroatoms. The van der Waals surface area contributed by atoms with Gasteiger partial charge in [-0.25, -0.2) is 4.39 Å². The van der Waals surface area contributed by atoms with Gasteiger partial charge in [-0.05, 0) is 31.4 Å². The van der Waals surface area contributed by atoms with Crippen LogP contribution in [0, 0.1) is 5.82 Å². The van der Waals surface area contributed by atoms with Crippen molar-refractivity contribution in [2.24, 2.45) is 0 Å². The van der Waals surface area contributed by atoms with E-state index < -0.39 is 0 Å². The lowest BCUT2D eigenvalue weighted by atomic mass is 10.1. The maximum absolute atomic E-state index is 13.6. The Bertz CT molecular complexity index is 475. The Hall–Kier alpha value is -0.780. The fourth-order valence-electron chi connectivity index (χ4n) is 2.36. The third-order valence-corrected chi connectivity index (χ3v) is 5.35. The smallest absolute Gasteiger partial charge is 0.220 e. The maximum atomic E-state index is 13.6. The van der Waals surface area contributed by atoms with Crippen LogP contribution in [0.2, 0.25) is 5.02 Å². The predicted molar refractivity (Wildman–Crippen MR) is 89.0 cm³/mol. The van der Waals surface area contributed by atoms with Gasteiger partial charge in [0.2, 0.25) is 5.91 Å². The number of amides is 1. The van der Waals surface area contributed by atoms with E-state index in [2.05, 4.69) is 5.32 Å². The number of carbonyl (C=O) groups is 1. The van der Waals surface area contributed by atoms with Crippen molar-refractivity contribution < 1.29 is 13.9 Å². The second-order valence-electron chi connectivity index (χ2n) is 5.23. The van der Waals surface area contributed by atoms with Crippen molar-refractivity contribution in [3.8, 4) is 0 Å². The highest BCUT2D eigenvalue weighted by Gasteiger charge is 2.14. The molecule has 1 heterocycles. The highest BCUT2D eigenvalue weighted by molar-refractivity contribution is 7.99. The lowest BCUT2D eigenvalue weighted by Crippen LogP contribution is -2.27. The summed E-state index contributed by atoms with van der Waals surface area (Å²) in [4.78, 5) is 11.8. The zero-order valence-electron chi connectivity index (χ0n) is 12.4. The molecule has 1 fully saturated rings. The third-order valence-electron chi connectivity index (χ3n) is 3.61. The van der Waals surface area contributed by atoms with Gasteiger partial charge in [0, 0.05) is 47.8 Å². The maximum Gasteiger partial charge on any atom is 0.220 e. The van der Waals surface area contributed by atoms with Crippen LogP contribution < -0.4 is 5.32 Å². The summed E-state index contributed by atoms with van der Waals surface area (Å²) in [6, 6.07) is 4.57. The first kappa shape index (κ1) is 17.6. The van der Waals surface area contributed by atoms with Crippen LogP contribution in [0.25, 0.3) is 0 Å². The summed E-state index contributed by atoms with van der Waals surface area (Å²) < 4.78 is 18.9. The summed E-state index contributed by atoms with van der Waals surface area (Å²) in [6.07, 6.45) is 2.75. The molecular formula is C16H21ClFNO2S. The third kappa shape index (κ3) is 5.78. The number of benzene rings is 1. The molecule has 0 spiro atoms. The molecule has 1 aromatic carbocycles. The molecule has 3 nitrogen and oxygen atoms in total. The Kier molecular flexibility index (Phi) is 7.49. The summed E-state index contributed by atoms with van der Waals surface area (Å²) >= 11 is 7.82. The van der Waals surface area contributed by atoms with Crippen molar-refractivity contribution in [2.75, 3.05) is 25.5 Å². The molecule has 22 heavy (non-hydrogen) atoms. The topological polar surface area (TPSA) is 38.3 Å². The highest BCUT2D eigenvalue weighted by Crippen LogP contribution is 2.22. The normalized spacial score (nSPS) is 15.7. The van der Waals surface area contributed by atoms with Crippen LogP contribution in [0.15, 0.2) is 18.2 Å². The van der Waals surface area contributed by atoms with Crippen molar-refractivity contribution >= 4 is 29.3 Å². The zero-order valence-corrected chi connectivity index (χ0v) is 14.0. The van der Waals surface area contributed by atoms with Gasteiger partial charge in [0.05, 0.1) is 0 Å². The Morgan fingerprint density at radius 1 is 1.41 bits per heavy atom. The van der Waals surface area contributed by atoms with Gasteiger partial charge in [0.1, 0.15) is 5.82 Å². The van der Waals surface area contributed by atoms with Crippen molar-refractivity contribution in [1.82, 2.24) is 5.32 Å². The van der Waals surface area contributed by atoms with Crippen LogP contribution >= 0.6 is 23.4 Å². The number of carbonyl (C=O) groups excluding carboxylic acids is 1. The lowest BCUT2D eigenvalue weighted by Gasteiger charge is -2.21. The first-order chi connectivity index (χ1) is 10.7. The predicted octanol–water partition coefficient (Wildman–Crippen LogP) is 3.44. The van der Waals surface area contributed by atoms with Gasteiger partial charge in [-0.15, -0.1) is 0 Å². The van der Waals surface area contributed by atoms with Gasteiger partial charge in [-0.1, -0.05) is 17.7 Å². The van der Waals surface area contributed by atoms with Crippen molar-refractivity contribution in [2.45, 2.75) is 30.9 Å². The van der Waals surface area contributed by atoms with Crippen LogP contribution in [-0.2, 0) is 16.0 Å². The van der Waals surface area contributed by atoms with E-state index in [9.17, 15) is 9.18 Å². The summed E-state index contributed by atoms with van der Waals surface area (Å²) in [7, 11) is 0. The fraction of sp³-hybridized carbons (Fsp3) is 0.562. The molecule has 0 radical (unpaired) electrons. The molecule has 0 unspecified atom stereocenters. The van der Waals surface area contributed by atoms with E-state index in [1.165, 1.54) is 6.07 Å². The fourth-order valence-corrected chi connectivity index (χ4v) is 3.69. The molecule has 1 amide bonds. The van der Waals surface area contributed by atoms with Crippen LogP contribution in [0.5, 0.6) is 0 Å². The van der Waals surface area contributed by atoms with Gasteiger partial charge in [-0.3, -0.25) is 4.79 Å². The standard InChI is InChI=1S/C16H21ClFNO2S/c17-14-2-1-3-15(18)13(14)4-5-16(20)19-8-11-22-12-6-9-21-10-7-12/h1-3,12H,4-11H2,(H,19,20). The van der Waals surface area contributed by atoms with Crippen molar-refractivity contribution in [1.29, 1.82) is 0 Å². The van der Waals surface area contributed by atoms with Crippen LogP contribution in [0.1, 0.15) is 24.8 Å². The molecule has 1 aliphatic heterocycles. The Morgan fingerprint density at radius 2 is 2.18 bits per heavy atom. The Balaban J connectivity index is 1.61. The van der Waals surface area contributed by atoms with E-state index in [0.29, 0.717) is 28.8 Å². The molecule has 1 saturated heterocycles. The van der Waals surface area contributed by atoms with E-state index >= 15 is 0 Å². The number of nitrogens with one attached hydrogen (secondary N) is 1. The molecule has 2 rings (SSSR count). The summed E-state index contributed by atoms with van der Waals surface area (Å²) in [6.45, 7) is 2.33. The summed E-state index contributed by atoms with van der Waals surface area (Å²) in [5, 5.41) is 3.89. The number of rotatable bonds is 7. The molecule has 1 N–H and O–H groups in total. The molecule has 0 aromatic heterocycles. The first-order valence-corrected chi connectivity index (χ1v) is 8.98. The Morgan fingerprint density at radius 3 is 2.91 bits per heavy atom. The SMILES string of the molecule is O=C(CCc1c(F)cccc1Cl)NCCSC1CCOCC1. The highest BCUT2D eigenvalue weighted by atomic mass is 35.5. The molecule has 0 saturated carbocycles. The molecular weight excluding hydrogens is 325 g/mol. The summed E-state index contributed by atoms with van der Waals surface area (Å²) in [5.41, 5.74) is 0.413. The van der Waals surface area contributed by atoms with Crippen molar-refractivity contribution in [3.05, 3.63) is 34.6 Å². The molecule has 1 aromatic rings. The second-order valence-corrected chi connectivity index (χ2v) is 7.05. The van der Waals surface area contributed by atoms with E-state index in [1.54, 1.807) is 12.1 Å². The van der Waals surface area contributed by atoms with E-state index in [0.717, 1.165) is 31.8 Å². The van der Waals surface area contributed by atoms with Gasteiger partial charge in [0.15, 0.2) is 0 Å². The molecule has 122 valence electrons. The molecule has 1 aliphatic rings. The largest absolute Gasteiger partial charge is 0.381 e. The molecule has 0 bridgehead atoms. The monoisotopic (exact) mass is 345 g/mol. The second kappa shape index (κ2) is 9.38. The van der Waals surface area contributed by atoms with Crippen LogP contribution in [0.4, 0.5) is 4.39 Å².